The van der Waals surface area contributed by atoms with E-state index in [4.69, 9.17) is 0 Å². The lowest BCUT2D eigenvalue weighted by atomic mass is 10.1. The van der Waals surface area contributed by atoms with Crippen molar-refractivity contribution < 1.29 is 4.79 Å². The highest BCUT2D eigenvalue weighted by Crippen LogP contribution is 2.29. The van der Waals surface area contributed by atoms with Crippen molar-refractivity contribution in [2.45, 2.75) is 39.1 Å². The van der Waals surface area contributed by atoms with Gasteiger partial charge in [0.15, 0.2) is 0 Å². The summed E-state index contributed by atoms with van der Waals surface area (Å²) in [6, 6.07) is 12.4. The van der Waals surface area contributed by atoms with Crippen LogP contribution >= 0.6 is 11.9 Å². The molecule has 158 valence electrons. The maximum absolute atomic E-state index is 13.3. The Balaban J connectivity index is 1.79. The molecule has 6 heteroatoms. The van der Waals surface area contributed by atoms with Gasteiger partial charge in [-0.15, -0.1) is 0 Å². The molecule has 0 fully saturated rings. The molecule has 2 aromatic carbocycles. The number of anilines is 1. The van der Waals surface area contributed by atoms with Crippen molar-refractivity contribution >= 4 is 23.5 Å². The topological polar surface area (TPSA) is 41.4 Å². The van der Waals surface area contributed by atoms with Crippen LogP contribution in [0.25, 0.3) is 0 Å². The lowest BCUT2D eigenvalue weighted by Crippen LogP contribution is -2.37. The Kier molecular flexibility index (Phi) is 7.00. The van der Waals surface area contributed by atoms with Gasteiger partial charge < -0.3 is 9.47 Å². The Morgan fingerprint density at radius 1 is 1.03 bits per heavy atom. The molecule has 1 heterocycles. The Morgan fingerprint density at radius 3 is 2.23 bits per heavy atom. The Bertz CT molecular complexity index is 1000. The van der Waals surface area contributed by atoms with Crippen molar-refractivity contribution in [2.75, 3.05) is 18.5 Å². The summed E-state index contributed by atoms with van der Waals surface area (Å²) in [4.78, 5) is 20.8. The quantitative estimate of drug-likeness (QED) is 0.512. The molecule has 0 bridgehead atoms. The zero-order valence-corrected chi connectivity index (χ0v) is 19.5. The summed E-state index contributed by atoms with van der Waals surface area (Å²) in [6.07, 6.45) is 3.66. The number of rotatable bonds is 7. The highest BCUT2D eigenvalue weighted by atomic mass is 32.2. The third-order valence-electron chi connectivity index (χ3n) is 5.08. The van der Waals surface area contributed by atoms with E-state index in [9.17, 15) is 4.79 Å². The minimum Gasteiger partial charge on any atom is -0.337 e. The monoisotopic (exact) mass is 422 g/mol. The SMILES string of the molecule is Cc1ccc(N(Cc2nccn2C)C(=O)CN(C)Sc2c(C)cc(C)cc2C)cc1. The smallest absolute Gasteiger partial charge is 0.242 e. The molecule has 1 aromatic heterocycles. The summed E-state index contributed by atoms with van der Waals surface area (Å²) in [5, 5.41) is 0. The van der Waals surface area contributed by atoms with Gasteiger partial charge in [-0.1, -0.05) is 35.4 Å². The highest BCUT2D eigenvalue weighted by molar-refractivity contribution is 7.97. The maximum atomic E-state index is 13.3. The number of amides is 1. The van der Waals surface area contributed by atoms with Crippen LogP contribution in [0.15, 0.2) is 53.7 Å². The number of likely N-dealkylation sites (N-methyl/N-ethyl adjacent to an activating group) is 1. The van der Waals surface area contributed by atoms with Crippen molar-refractivity contribution in [1.82, 2.24) is 13.9 Å². The summed E-state index contributed by atoms with van der Waals surface area (Å²) >= 11 is 1.63. The molecule has 0 aliphatic heterocycles. The summed E-state index contributed by atoms with van der Waals surface area (Å²) in [7, 11) is 3.92. The molecule has 0 aliphatic rings. The second-order valence-corrected chi connectivity index (χ2v) is 9.09. The van der Waals surface area contributed by atoms with Crippen LogP contribution < -0.4 is 4.90 Å². The Morgan fingerprint density at radius 2 is 1.67 bits per heavy atom. The zero-order chi connectivity index (χ0) is 21.8. The normalized spacial score (nSPS) is 11.2. The number of hydrogen-bond donors (Lipinski definition) is 0. The first-order valence-corrected chi connectivity index (χ1v) is 10.8. The van der Waals surface area contributed by atoms with Crippen LogP contribution in [0.3, 0.4) is 0 Å². The van der Waals surface area contributed by atoms with Gasteiger partial charge in [-0.05, 0) is 70.0 Å². The van der Waals surface area contributed by atoms with Gasteiger partial charge in [-0.2, -0.15) is 0 Å². The third kappa shape index (κ3) is 5.32. The average Bonchev–Trinajstić information content (AvgIpc) is 3.08. The number of aromatic nitrogens is 2. The van der Waals surface area contributed by atoms with Crippen LogP contribution in [-0.4, -0.2) is 33.4 Å². The number of nitrogens with zero attached hydrogens (tertiary/aromatic N) is 4. The predicted octanol–water partition coefficient (Wildman–Crippen LogP) is 4.83. The molecular weight excluding hydrogens is 392 g/mol. The molecule has 0 N–H and O–H groups in total. The van der Waals surface area contributed by atoms with Crippen molar-refractivity contribution in [3.05, 3.63) is 76.9 Å². The molecule has 3 aromatic rings. The number of carbonyl (C=O) groups is 1. The minimum atomic E-state index is 0.0410. The first-order chi connectivity index (χ1) is 14.2. The lowest BCUT2D eigenvalue weighted by molar-refractivity contribution is -0.118. The van der Waals surface area contributed by atoms with Crippen molar-refractivity contribution in [3.8, 4) is 0 Å². The van der Waals surface area contributed by atoms with E-state index in [2.05, 4.69) is 37.9 Å². The second kappa shape index (κ2) is 9.49. The number of hydrogen-bond acceptors (Lipinski definition) is 4. The fourth-order valence-electron chi connectivity index (χ4n) is 3.51. The fourth-order valence-corrected chi connectivity index (χ4v) is 4.41. The Hall–Kier alpha value is -2.57. The van der Waals surface area contributed by atoms with Gasteiger partial charge in [-0.3, -0.25) is 4.79 Å². The first kappa shape index (κ1) is 22.1. The van der Waals surface area contributed by atoms with Crippen LogP contribution in [0.4, 0.5) is 5.69 Å². The molecule has 1 amide bonds. The van der Waals surface area contributed by atoms with Gasteiger partial charge in [0.25, 0.3) is 0 Å². The second-order valence-electron chi connectivity index (χ2n) is 7.87. The van der Waals surface area contributed by atoms with Crippen molar-refractivity contribution in [2.24, 2.45) is 7.05 Å². The number of aryl methyl sites for hydroxylation is 5. The van der Waals surface area contributed by atoms with Crippen LogP contribution in [0.1, 0.15) is 28.1 Å². The number of benzene rings is 2. The lowest BCUT2D eigenvalue weighted by Gasteiger charge is -2.26. The van der Waals surface area contributed by atoms with E-state index < -0.39 is 0 Å². The standard InChI is InChI=1S/C24H30N4OS/c1-17-7-9-21(10-8-17)28(15-22-25-11-12-26(22)5)23(29)16-27(6)30-24-19(3)13-18(2)14-20(24)4/h7-14H,15-16H2,1-6H3. The van der Waals surface area contributed by atoms with E-state index in [1.807, 2.05) is 65.3 Å². The predicted molar refractivity (Wildman–Crippen MR) is 125 cm³/mol. The Labute approximate surface area is 183 Å². The van der Waals surface area contributed by atoms with Gasteiger partial charge >= 0.3 is 0 Å². The van der Waals surface area contributed by atoms with Crippen molar-refractivity contribution in [3.63, 3.8) is 0 Å². The third-order valence-corrected chi connectivity index (χ3v) is 6.34. The van der Waals surface area contributed by atoms with E-state index in [-0.39, 0.29) is 5.91 Å². The summed E-state index contributed by atoms with van der Waals surface area (Å²) in [6.45, 7) is 9.14. The molecule has 5 nitrogen and oxygen atoms in total. The van der Waals surface area contributed by atoms with E-state index in [0.717, 1.165) is 11.5 Å². The molecule has 0 saturated heterocycles. The summed E-state index contributed by atoms with van der Waals surface area (Å²) in [5.74, 6) is 0.892. The molecule has 0 unspecified atom stereocenters. The summed E-state index contributed by atoms with van der Waals surface area (Å²) in [5.41, 5.74) is 5.78. The first-order valence-electron chi connectivity index (χ1n) is 10.0. The fraction of sp³-hybridized carbons (Fsp3) is 0.333. The van der Waals surface area contributed by atoms with Crippen LogP contribution in [0.2, 0.25) is 0 Å². The zero-order valence-electron chi connectivity index (χ0n) is 18.6. The number of carbonyl (C=O) groups excluding carboxylic acids is 1. The maximum Gasteiger partial charge on any atom is 0.242 e. The minimum absolute atomic E-state index is 0.0410. The van der Waals surface area contributed by atoms with Gasteiger partial charge in [0, 0.05) is 30.0 Å². The molecule has 0 aliphatic carbocycles. The van der Waals surface area contributed by atoms with Gasteiger partial charge in [0.2, 0.25) is 5.91 Å². The van der Waals surface area contributed by atoms with E-state index in [0.29, 0.717) is 13.1 Å². The highest BCUT2D eigenvalue weighted by Gasteiger charge is 2.21. The molecule has 30 heavy (non-hydrogen) atoms. The molecule has 0 radical (unpaired) electrons. The van der Waals surface area contributed by atoms with Crippen LogP contribution in [0, 0.1) is 27.7 Å². The van der Waals surface area contributed by atoms with E-state index >= 15 is 0 Å². The van der Waals surface area contributed by atoms with E-state index in [1.165, 1.54) is 27.1 Å². The van der Waals surface area contributed by atoms with E-state index in [1.54, 1.807) is 18.1 Å². The summed E-state index contributed by atoms with van der Waals surface area (Å²) < 4.78 is 3.96. The number of imidazole rings is 1. The largest absolute Gasteiger partial charge is 0.337 e. The van der Waals surface area contributed by atoms with Crippen LogP contribution in [0.5, 0.6) is 0 Å². The molecule has 0 spiro atoms. The average molecular weight is 423 g/mol. The van der Waals surface area contributed by atoms with Gasteiger partial charge in [-0.25, -0.2) is 9.29 Å². The molecule has 3 rings (SSSR count). The van der Waals surface area contributed by atoms with Crippen molar-refractivity contribution in [1.29, 1.82) is 0 Å². The molecular formula is C24H30N4OS. The van der Waals surface area contributed by atoms with Crippen LogP contribution in [-0.2, 0) is 18.4 Å². The van der Waals surface area contributed by atoms with Gasteiger partial charge in [0.1, 0.15) is 5.82 Å². The van der Waals surface area contributed by atoms with Gasteiger partial charge in [0.05, 0.1) is 13.1 Å². The molecule has 0 atom stereocenters. The molecule has 0 saturated carbocycles.